The average molecular weight is 188 g/mol. The Hall–Kier alpha value is -1.11. The Morgan fingerprint density at radius 2 is 2.42 bits per heavy atom. The molecule has 0 saturated heterocycles. The molecule has 1 heterocycles. The minimum atomic E-state index is -0.865. The number of carboxylic acid groups (broad SMARTS) is 1. The molecule has 0 aromatic carbocycles. The van der Waals surface area contributed by atoms with Crippen LogP contribution in [-0.4, -0.2) is 31.3 Å². The van der Waals surface area contributed by atoms with Crippen LogP contribution in [0.4, 0.5) is 0 Å². The maximum absolute atomic E-state index is 10.2. The number of aryl methyl sites for hydroxylation is 1. The summed E-state index contributed by atoms with van der Waals surface area (Å²) in [6, 6.07) is 0. The van der Waals surface area contributed by atoms with Crippen LogP contribution in [0.1, 0.15) is 12.2 Å². The van der Waals surface area contributed by atoms with Crippen LogP contribution in [0.2, 0.25) is 0 Å². The summed E-state index contributed by atoms with van der Waals surface area (Å²) < 4.78 is 1.43. The second kappa shape index (κ2) is 4.05. The van der Waals surface area contributed by atoms with Gasteiger partial charge < -0.3 is 5.11 Å². The summed E-state index contributed by atoms with van der Waals surface area (Å²) in [7, 11) is 0. The lowest BCUT2D eigenvalue weighted by atomic mass is 10.4. The van der Waals surface area contributed by atoms with Crippen molar-refractivity contribution < 1.29 is 9.90 Å². The third kappa shape index (κ3) is 2.19. The van der Waals surface area contributed by atoms with Crippen LogP contribution in [-0.2, 0) is 17.1 Å². The van der Waals surface area contributed by atoms with Gasteiger partial charge in [-0.15, -0.1) is 5.10 Å². The van der Waals surface area contributed by atoms with Crippen LogP contribution in [0.15, 0.2) is 0 Å². The molecule has 66 valence electrons. The van der Waals surface area contributed by atoms with E-state index in [0.29, 0.717) is 11.6 Å². The molecule has 1 aromatic rings. The monoisotopic (exact) mass is 188 g/mol. The Morgan fingerprint density at radius 3 is 3.00 bits per heavy atom. The molecule has 0 spiro atoms. The molecule has 0 atom stereocenters. The minimum Gasteiger partial charge on any atom is -0.481 e. The van der Waals surface area contributed by atoms with Crippen molar-refractivity contribution in [2.45, 2.75) is 18.7 Å². The van der Waals surface area contributed by atoms with E-state index >= 15 is 0 Å². The second-order valence-corrected chi connectivity index (χ2v) is 2.44. The molecule has 0 aliphatic rings. The third-order valence-corrected chi connectivity index (χ3v) is 1.57. The Balaban J connectivity index is 2.56. The maximum atomic E-state index is 10.2. The fourth-order valence-corrected chi connectivity index (χ4v) is 0.938. The van der Waals surface area contributed by atoms with Crippen molar-refractivity contribution in [2.75, 3.05) is 0 Å². The van der Waals surface area contributed by atoms with Crippen molar-refractivity contribution >= 4 is 18.6 Å². The highest BCUT2D eigenvalue weighted by molar-refractivity contribution is 7.79. The molecule has 0 aliphatic heterocycles. The number of aliphatic carboxylic acids is 1. The first-order valence-corrected chi connectivity index (χ1v) is 3.95. The Kier molecular flexibility index (Phi) is 3.03. The van der Waals surface area contributed by atoms with E-state index in [1.807, 2.05) is 0 Å². The number of tetrazole rings is 1. The van der Waals surface area contributed by atoms with Gasteiger partial charge in [0.2, 0.25) is 0 Å². The second-order valence-electron chi connectivity index (χ2n) is 2.12. The third-order valence-electron chi connectivity index (χ3n) is 1.28. The Morgan fingerprint density at radius 1 is 1.67 bits per heavy atom. The van der Waals surface area contributed by atoms with E-state index in [0.717, 1.165) is 0 Å². The van der Waals surface area contributed by atoms with Crippen molar-refractivity contribution in [3.05, 3.63) is 5.82 Å². The minimum absolute atomic E-state index is 0.0197. The van der Waals surface area contributed by atoms with Gasteiger partial charge in [-0.2, -0.15) is 12.6 Å². The van der Waals surface area contributed by atoms with Crippen molar-refractivity contribution in [2.24, 2.45) is 0 Å². The summed E-state index contributed by atoms with van der Waals surface area (Å²) in [6.07, 6.45) is 0.0197. The molecule has 0 radical (unpaired) electrons. The Labute approximate surface area is 74.0 Å². The molecule has 0 unspecified atom stereocenters. The summed E-state index contributed by atoms with van der Waals surface area (Å²) in [5.74, 6) is 0.127. The van der Waals surface area contributed by atoms with E-state index in [-0.39, 0.29) is 13.0 Å². The highest BCUT2D eigenvalue weighted by Gasteiger charge is 2.04. The molecule has 6 nitrogen and oxygen atoms in total. The highest BCUT2D eigenvalue weighted by atomic mass is 32.1. The molecule has 1 aromatic heterocycles. The number of nitrogens with zero attached hydrogens (tertiary/aromatic N) is 4. The normalized spacial score (nSPS) is 10.1. The molecule has 12 heavy (non-hydrogen) atoms. The summed E-state index contributed by atoms with van der Waals surface area (Å²) >= 11 is 3.98. The topological polar surface area (TPSA) is 80.9 Å². The molecule has 0 saturated carbocycles. The summed E-state index contributed by atoms with van der Waals surface area (Å²) in [5, 5.41) is 19.0. The zero-order valence-corrected chi connectivity index (χ0v) is 7.11. The van der Waals surface area contributed by atoms with E-state index in [4.69, 9.17) is 5.11 Å². The predicted octanol–water partition coefficient (Wildman–Crippen LogP) is -0.422. The molecular weight excluding hydrogens is 180 g/mol. The summed E-state index contributed by atoms with van der Waals surface area (Å²) in [6.45, 7) is 0.290. The van der Waals surface area contributed by atoms with Gasteiger partial charge in [-0.05, 0) is 10.4 Å². The smallest absolute Gasteiger partial charge is 0.305 e. The first-order chi connectivity index (χ1) is 5.74. The molecule has 7 heteroatoms. The van der Waals surface area contributed by atoms with E-state index in [2.05, 4.69) is 28.2 Å². The van der Waals surface area contributed by atoms with Crippen LogP contribution in [0.5, 0.6) is 0 Å². The number of carboxylic acids is 1. The molecule has 0 aliphatic carbocycles. The van der Waals surface area contributed by atoms with Gasteiger partial charge in [-0.3, -0.25) is 4.79 Å². The van der Waals surface area contributed by atoms with Crippen LogP contribution < -0.4 is 0 Å². The molecule has 0 bridgehead atoms. The van der Waals surface area contributed by atoms with Crippen molar-refractivity contribution in [1.82, 2.24) is 20.2 Å². The largest absolute Gasteiger partial charge is 0.481 e. The lowest BCUT2D eigenvalue weighted by molar-refractivity contribution is -0.137. The summed E-state index contributed by atoms with van der Waals surface area (Å²) in [4.78, 5) is 10.2. The molecule has 1 rings (SSSR count). The lowest BCUT2D eigenvalue weighted by Crippen LogP contribution is -2.08. The SMILES string of the molecule is O=C(O)CCn1nnnc1CS. The standard InChI is InChI=1S/C5H8N4O2S/c10-5(11)1-2-9-4(3-12)6-7-8-9/h12H,1-3H2,(H,10,11). The Bertz CT molecular complexity index is 274. The van der Waals surface area contributed by atoms with E-state index in [1.165, 1.54) is 4.68 Å². The number of hydrogen-bond acceptors (Lipinski definition) is 5. The van der Waals surface area contributed by atoms with Gasteiger partial charge in [-0.1, -0.05) is 0 Å². The predicted molar refractivity (Wildman–Crippen MR) is 42.8 cm³/mol. The molecule has 1 N–H and O–H groups in total. The van der Waals surface area contributed by atoms with Gasteiger partial charge in [0, 0.05) is 0 Å². The average Bonchev–Trinajstić information content (AvgIpc) is 2.47. The van der Waals surface area contributed by atoms with Crippen LogP contribution >= 0.6 is 12.6 Å². The van der Waals surface area contributed by atoms with Crippen LogP contribution in [0.25, 0.3) is 0 Å². The summed E-state index contributed by atoms with van der Waals surface area (Å²) in [5.41, 5.74) is 0. The number of rotatable bonds is 4. The maximum Gasteiger partial charge on any atom is 0.305 e. The zero-order chi connectivity index (χ0) is 8.97. The van der Waals surface area contributed by atoms with Crippen LogP contribution in [0, 0.1) is 0 Å². The molecule has 0 amide bonds. The first kappa shape index (κ1) is 8.98. The van der Waals surface area contributed by atoms with E-state index < -0.39 is 5.97 Å². The molecule has 0 fully saturated rings. The van der Waals surface area contributed by atoms with Gasteiger partial charge in [0.25, 0.3) is 0 Å². The fourth-order valence-electron chi connectivity index (χ4n) is 0.712. The quantitative estimate of drug-likeness (QED) is 0.627. The van der Waals surface area contributed by atoms with Gasteiger partial charge in [0.15, 0.2) is 5.82 Å². The van der Waals surface area contributed by atoms with Crippen molar-refractivity contribution in [1.29, 1.82) is 0 Å². The lowest BCUT2D eigenvalue weighted by Gasteiger charge is -1.98. The van der Waals surface area contributed by atoms with Crippen LogP contribution in [0.3, 0.4) is 0 Å². The number of aromatic nitrogens is 4. The number of hydrogen-bond donors (Lipinski definition) is 2. The van der Waals surface area contributed by atoms with Crippen molar-refractivity contribution in [3.8, 4) is 0 Å². The van der Waals surface area contributed by atoms with Gasteiger partial charge in [-0.25, -0.2) is 4.68 Å². The van der Waals surface area contributed by atoms with Gasteiger partial charge >= 0.3 is 5.97 Å². The first-order valence-electron chi connectivity index (χ1n) is 3.31. The van der Waals surface area contributed by atoms with Crippen molar-refractivity contribution in [3.63, 3.8) is 0 Å². The molecular formula is C5H8N4O2S. The van der Waals surface area contributed by atoms with E-state index in [1.54, 1.807) is 0 Å². The van der Waals surface area contributed by atoms with Gasteiger partial charge in [0.1, 0.15) is 0 Å². The van der Waals surface area contributed by atoms with Gasteiger partial charge in [0.05, 0.1) is 18.7 Å². The zero-order valence-electron chi connectivity index (χ0n) is 6.21. The number of thiol groups is 1. The van der Waals surface area contributed by atoms with E-state index in [9.17, 15) is 4.79 Å². The highest BCUT2D eigenvalue weighted by Crippen LogP contribution is 1.97. The number of carbonyl (C=O) groups is 1. The fraction of sp³-hybridized carbons (Fsp3) is 0.600.